The summed E-state index contributed by atoms with van der Waals surface area (Å²) in [5.74, 6) is 6.43. The highest BCUT2D eigenvalue weighted by Gasteiger charge is 2.41. The summed E-state index contributed by atoms with van der Waals surface area (Å²) in [6.45, 7) is 17.5. The van der Waals surface area contributed by atoms with Gasteiger partial charge in [0.1, 0.15) is 8.07 Å². The third-order valence-electron chi connectivity index (χ3n) is 7.06. The van der Waals surface area contributed by atoms with E-state index in [0.717, 1.165) is 17.7 Å². The lowest BCUT2D eigenvalue weighted by Crippen LogP contribution is -2.43. The molecular formula is C29H37NSi. The lowest BCUT2D eigenvalue weighted by Gasteiger charge is -2.38. The van der Waals surface area contributed by atoms with E-state index in [1.807, 2.05) is 0 Å². The van der Waals surface area contributed by atoms with Crippen LogP contribution in [0.1, 0.15) is 72.4 Å². The van der Waals surface area contributed by atoms with Gasteiger partial charge in [0.2, 0.25) is 0 Å². The molecule has 0 aliphatic carbocycles. The van der Waals surface area contributed by atoms with E-state index in [1.54, 1.807) is 0 Å². The zero-order valence-corrected chi connectivity index (χ0v) is 21.3. The summed E-state index contributed by atoms with van der Waals surface area (Å²) in [5.41, 5.74) is 10.4. The topological polar surface area (TPSA) is 4.93 Å². The summed E-state index contributed by atoms with van der Waals surface area (Å²) in [6.07, 6.45) is 8.06. The number of benzene rings is 2. The van der Waals surface area contributed by atoms with Crippen LogP contribution >= 0.6 is 0 Å². The smallest absolute Gasteiger partial charge is 0.146 e. The molecule has 2 aromatic carbocycles. The number of nitrogens with zero attached hydrogens (tertiary/aromatic N) is 1. The average molecular weight is 428 g/mol. The molecule has 3 rings (SSSR count). The zero-order chi connectivity index (χ0) is 22.8. The van der Waals surface area contributed by atoms with Crippen LogP contribution < -0.4 is 0 Å². The molecule has 0 radical (unpaired) electrons. The normalized spacial score (nSPS) is 12.0. The Labute approximate surface area is 190 Å². The van der Waals surface area contributed by atoms with Crippen LogP contribution in [-0.2, 0) is 6.54 Å². The van der Waals surface area contributed by atoms with E-state index in [-0.39, 0.29) is 0 Å². The fraction of sp³-hybridized carbons (Fsp3) is 0.448. The van der Waals surface area contributed by atoms with E-state index in [2.05, 4.69) is 107 Å². The van der Waals surface area contributed by atoms with Gasteiger partial charge in [0, 0.05) is 39.5 Å². The maximum atomic E-state index is 5.71. The van der Waals surface area contributed by atoms with Gasteiger partial charge in [0.05, 0.1) is 0 Å². The molecule has 3 aromatic rings. The molecule has 0 atom stereocenters. The van der Waals surface area contributed by atoms with E-state index in [1.165, 1.54) is 34.6 Å². The fourth-order valence-corrected chi connectivity index (χ4v) is 10.7. The number of aromatic nitrogens is 1. The van der Waals surface area contributed by atoms with Crippen LogP contribution in [0.2, 0.25) is 16.6 Å². The minimum absolute atomic E-state index is 0.637. The molecule has 0 amide bonds. The van der Waals surface area contributed by atoms with E-state index in [0.29, 0.717) is 16.6 Å². The van der Waals surface area contributed by atoms with Gasteiger partial charge in [-0.05, 0) is 59.4 Å². The summed E-state index contributed by atoms with van der Waals surface area (Å²) in [4.78, 5) is 0. The second kappa shape index (κ2) is 9.38. The van der Waals surface area contributed by atoms with Gasteiger partial charge in [-0.25, -0.2) is 0 Å². The first-order valence-corrected chi connectivity index (χ1v) is 14.0. The van der Waals surface area contributed by atoms with Crippen molar-refractivity contribution < 1.29 is 0 Å². The van der Waals surface area contributed by atoms with Crippen molar-refractivity contribution in [3.8, 4) is 23.8 Å². The Morgan fingerprint density at radius 1 is 0.839 bits per heavy atom. The lowest BCUT2D eigenvalue weighted by atomic mass is 10.1. The van der Waals surface area contributed by atoms with Crippen molar-refractivity contribution in [2.45, 2.75) is 84.5 Å². The summed E-state index contributed by atoms with van der Waals surface area (Å²) in [6, 6.07) is 13.1. The predicted octanol–water partition coefficient (Wildman–Crippen LogP) is 8.15. The SMILES string of the molecule is C#Cc1ccc2c(c1)c1cc(C#C[Si](C(C)C)(C(C)C)C(C)C)ccc1n2CCCC. The van der Waals surface area contributed by atoms with Crippen LogP contribution in [0.25, 0.3) is 21.8 Å². The number of hydrogen-bond donors (Lipinski definition) is 0. The van der Waals surface area contributed by atoms with Crippen LogP contribution in [-0.4, -0.2) is 12.6 Å². The molecule has 0 aliphatic heterocycles. The molecule has 31 heavy (non-hydrogen) atoms. The Kier molecular flexibility index (Phi) is 7.03. The van der Waals surface area contributed by atoms with E-state index in [9.17, 15) is 0 Å². The van der Waals surface area contributed by atoms with Gasteiger partial charge in [-0.15, -0.1) is 12.0 Å². The molecule has 162 valence electrons. The first-order chi connectivity index (χ1) is 14.8. The molecule has 1 heterocycles. The largest absolute Gasteiger partial charge is 0.340 e. The van der Waals surface area contributed by atoms with Gasteiger partial charge in [-0.3, -0.25) is 0 Å². The number of terminal acetylenes is 1. The van der Waals surface area contributed by atoms with Crippen molar-refractivity contribution in [3.63, 3.8) is 0 Å². The quantitative estimate of drug-likeness (QED) is 0.276. The van der Waals surface area contributed by atoms with Crippen molar-refractivity contribution in [3.05, 3.63) is 47.5 Å². The summed E-state index contributed by atoms with van der Waals surface area (Å²) in [7, 11) is -1.75. The van der Waals surface area contributed by atoms with Crippen LogP contribution in [0.3, 0.4) is 0 Å². The molecule has 1 nitrogen and oxygen atoms in total. The van der Waals surface area contributed by atoms with Gasteiger partial charge in [0.25, 0.3) is 0 Å². The number of fused-ring (bicyclic) bond motifs is 3. The second-order valence-electron chi connectivity index (χ2n) is 9.76. The standard InChI is InChI=1S/C29H37NSi/c1-9-11-17-30-28-14-12-24(10-2)19-26(28)27-20-25(13-15-29(27)30)16-18-31(21(3)4,22(5)6)23(7)8/h2,12-15,19-23H,9,11,17H2,1,3-8H3. The van der Waals surface area contributed by atoms with Gasteiger partial charge >= 0.3 is 0 Å². The highest BCUT2D eigenvalue weighted by Crippen LogP contribution is 2.41. The van der Waals surface area contributed by atoms with E-state index < -0.39 is 8.07 Å². The van der Waals surface area contributed by atoms with Gasteiger partial charge in [-0.2, -0.15) is 0 Å². The molecule has 0 saturated carbocycles. The Hall–Kier alpha value is -2.42. The Bertz CT molecular complexity index is 1150. The Morgan fingerprint density at radius 3 is 1.84 bits per heavy atom. The predicted molar refractivity (Wildman–Crippen MR) is 140 cm³/mol. The second-order valence-corrected chi connectivity index (χ2v) is 15.3. The first-order valence-electron chi connectivity index (χ1n) is 11.8. The zero-order valence-electron chi connectivity index (χ0n) is 20.3. The van der Waals surface area contributed by atoms with Crippen molar-refractivity contribution in [1.82, 2.24) is 4.57 Å². The fourth-order valence-electron chi connectivity index (χ4n) is 5.44. The third kappa shape index (κ3) is 4.20. The monoisotopic (exact) mass is 427 g/mol. The Balaban J connectivity index is 2.21. The summed E-state index contributed by atoms with van der Waals surface area (Å²) in [5, 5.41) is 2.51. The van der Waals surface area contributed by atoms with Crippen molar-refractivity contribution in [2.75, 3.05) is 0 Å². The van der Waals surface area contributed by atoms with E-state index >= 15 is 0 Å². The maximum Gasteiger partial charge on any atom is 0.146 e. The molecule has 0 unspecified atom stereocenters. The van der Waals surface area contributed by atoms with Crippen molar-refractivity contribution >= 4 is 29.9 Å². The summed E-state index contributed by atoms with van der Waals surface area (Å²) >= 11 is 0. The highest BCUT2D eigenvalue weighted by molar-refractivity contribution is 6.90. The molecule has 1 aromatic heterocycles. The van der Waals surface area contributed by atoms with Gasteiger partial charge in [0.15, 0.2) is 0 Å². The third-order valence-corrected chi connectivity index (χ3v) is 13.3. The molecule has 0 fully saturated rings. The lowest BCUT2D eigenvalue weighted by molar-refractivity contribution is 0.665. The van der Waals surface area contributed by atoms with Crippen LogP contribution in [0.5, 0.6) is 0 Å². The number of hydrogen-bond acceptors (Lipinski definition) is 0. The number of rotatable bonds is 6. The van der Waals surface area contributed by atoms with Crippen LogP contribution in [0.15, 0.2) is 36.4 Å². The molecule has 0 N–H and O–H groups in total. The summed E-state index contributed by atoms with van der Waals surface area (Å²) < 4.78 is 2.45. The minimum Gasteiger partial charge on any atom is -0.340 e. The minimum atomic E-state index is -1.75. The van der Waals surface area contributed by atoms with Crippen molar-refractivity contribution in [1.29, 1.82) is 0 Å². The van der Waals surface area contributed by atoms with E-state index in [4.69, 9.17) is 6.42 Å². The highest BCUT2D eigenvalue weighted by atomic mass is 28.3. The molecule has 0 spiro atoms. The number of aryl methyl sites for hydroxylation is 1. The van der Waals surface area contributed by atoms with Gasteiger partial charge in [-0.1, -0.05) is 66.7 Å². The van der Waals surface area contributed by atoms with Crippen LogP contribution in [0.4, 0.5) is 0 Å². The molecule has 2 heteroatoms. The van der Waals surface area contributed by atoms with Gasteiger partial charge < -0.3 is 4.57 Å². The average Bonchev–Trinajstić information content (AvgIpc) is 3.04. The van der Waals surface area contributed by atoms with Crippen molar-refractivity contribution in [2.24, 2.45) is 0 Å². The molecule has 0 aliphatic rings. The molecule has 0 bridgehead atoms. The Morgan fingerprint density at radius 2 is 1.35 bits per heavy atom. The number of unbranched alkanes of at least 4 members (excludes halogenated alkanes) is 1. The maximum absolute atomic E-state index is 5.71. The molecular weight excluding hydrogens is 390 g/mol. The molecule has 0 saturated heterocycles. The van der Waals surface area contributed by atoms with Crippen LogP contribution in [0, 0.1) is 23.8 Å². The first kappa shape index (κ1) is 23.2.